The zero-order valence-corrected chi connectivity index (χ0v) is 9.55. The number of alkyl halides is 4. The molecular weight excluding hydrogens is 277 g/mol. The first-order chi connectivity index (χ1) is 6.51. The summed E-state index contributed by atoms with van der Waals surface area (Å²) in [4.78, 5) is 0.246. The Morgan fingerprint density at radius 1 is 1.29 bits per heavy atom. The van der Waals surface area contributed by atoms with Gasteiger partial charge in [-0.15, -0.1) is 0 Å². The monoisotopic (exact) mass is 284 g/mol. The summed E-state index contributed by atoms with van der Waals surface area (Å²) in [5, 5.41) is 0.757. The van der Waals surface area contributed by atoms with Gasteiger partial charge in [-0.05, 0) is 35.9 Å². The highest BCUT2D eigenvalue weighted by Gasteiger charge is 2.29. The lowest BCUT2D eigenvalue weighted by Crippen LogP contribution is -1.99. The Hall–Kier alpha value is -0.160. The van der Waals surface area contributed by atoms with Crippen molar-refractivity contribution < 1.29 is 13.2 Å². The molecular formula is C9H8BrF3S. The number of aryl methyl sites for hydroxylation is 1. The molecule has 0 unspecified atom stereocenters. The summed E-state index contributed by atoms with van der Waals surface area (Å²) in [7, 11) is 0. The Morgan fingerprint density at radius 3 is 2.57 bits per heavy atom. The number of thioether (sulfide) groups is 1. The van der Waals surface area contributed by atoms with E-state index in [0.717, 1.165) is 17.3 Å². The van der Waals surface area contributed by atoms with E-state index in [9.17, 15) is 13.2 Å². The van der Waals surface area contributed by atoms with E-state index >= 15 is 0 Å². The summed E-state index contributed by atoms with van der Waals surface area (Å²) in [6, 6.07) is 6.50. The quantitative estimate of drug-likeness (QED) is 0.591. The molecule has 0 saturated carbocycles. The molecule has 1 aromatic carbocycles. The predicted octanol–water partition coefficient (Wildman–Crippen LogP) is 4.24. The van der Waals surface area contributed by atoms with Crippen LogP contribution in [0.5, 0.6) is 0 Å². The molecule has 0 aliphatic heterocycles. The summed E-state index contributed by atoms with van der Waals surface area (Å²) in [6.45, 7) is 0. The zero-order chi connectivity index (χ0) is 10.6. The number of halogens is 4. The van der Waals surface area contributed by atoms with E-state index in [-0.39, 0.29) is 16.7 Å². The molecule has 0 aromatic heterocycles. The molecule has 0 atom stereocenters. The van der Waals surface area contributed by atoms with Gasteiger partial charge in [-0.2, -0.15) is 13.2 Å². The predicted molar refractivity (Wildman–Crippen MR) is 55.9 cm³/mol. The van der Waals surface area contributed by atoms with Crippen LogP contribution in [0, 0.1) is 0 Å². The molecule has 0 fully saturated rings. The Kier molecular flexibility index (Phi) is 4.31. The van der Waals surface area contributed by atoms with Crippen LogP contribution in [0.4, 0.5) is 13.2 Å². The topological polar surface area (TPSA) is 0 Å². The maximum atomic E-state index is 12.0. The van der Waals surface area contributed by atoms with Crippen molar-refractivity contribution in [2.45, 2.75) is 16.8 Å². The maximum Gasteiger partial charge on any atom is 0.446 e. The molecule has 0 saturated heterocycles. The highest BCUT2D eigenvalue weighted by molar-refractivity contribution is 9.09. The van der Waals surface area contributed by atoms with Gasteiger partial charge in [-0.1, -0.05) is 28.1 Å². The number of hydrogen-bond donors (Lipinski definition) is 0. The molecule has 0 heterocycles. The molecule has 1 rings (SSSR count). The summed E-state index contributed by atoms with van der Waals surface area (Å²) < 4.78 is 36.0. The van der Waals surface area contributed by atoms with Gasteiger partial charge < -0.3 is 0 Å². The lowest BCUT2D eigenvalue weighted by molar-refractivity contribution is -0.0328. The van der Waals surface area contributed by atoms with Gasteiger partial charge >= 0.3 is 5.51 Å². The fraction of sp³-hybridized carbons (Fsp3) is 0.333. The van der Waals surface area contributed by atoms with Crippen LogP contribution in [0.25, 0.3) is 0 Å². The van der Waals surface area contributed by atoms with Gasteiger partial charge in [-0.25, -0.2) is 0 Å². The van der Waals surface area contributed by atoms with Crippen LogP contribution >= 0.6 is 27.7 Å². The van der Waals surface area contributed by atoms with Crippen molar-refractivity contribution in [2.24, 2.45) is 0 Å². The summed E-state index contributed by atoms with van der Waals surface area (Å²) in [5.74, 6) is 0. The fourth-order valence-corrected chi connectivity index (χ4v) is 2.09. The first-order valence-corrected chi connectivity index (χ1v) is 5.86. The van der Waals surface area contributed by atoms with Crippen molar-refractivity contribution >= 4 is 27.7 Å². The largest absolute Gasteiger partial charge is 0.446 e. The Bertz CT molecular complexity index is 298. The minimum Gasteiger partial charge on any atom is -0.160 e. The maximum absolute atomic E-state index is 12.0. The second-order valence-corrected chi connectivity index (χ2v) is 4.57. The van der Waals surface area contributed by atoms with Crippen LogP contribution in [0.15, 0.2) is 29.2 Å². The van der Waals surface area contributed by atoms with Crippen molar-refractivity contribution in [1.82, 2.24) is 0 Å². The number of benzene rings is 1. The van der Waals surface area contributed by atoms with Crippen molar-refractivity contribution in [2.75, 3.05) is 5.33 Å². The van der Waals surface area contributed by atoms with Gasteiger partial charge in [0.1, 0.15) is 0 Å². The third-order valence-corrected chi connectivity index (χ3v) is 2.63. The third kappa shape index (κ3) is 4.37. The number of hydrogen-bond acceptors (Lipinski definition) is 1. The minimum absolute atomic E-state index is 0.0745. The van der Waals surface area contributed by atoms with Gasteiger partial charge in [0.15, 0.2) is 0 Å². The molecule has 0 bridgehead atoms. The molecule has 0 radical (unpaired) electrons. The van der Waals surface area contributed by atoms with Gasteiger partial charge in [0.2, 0.25) is 0 Å². The van der Waals surface area contributed by atoms with Crippen LogP contribution in [0.2, 0.25) is 0 Å². The van der Waals surface area contributed by atoms with Crippen molar-refractivity contribution in [3.05, 3.63) is 29.8 Å². The molecule has 0 N–H and O–H groups in total. The molecule has 5 heteroatoms. The van der Waals surface area contributed by atoms with Crippen LogP contribution in [0.1, 0.15) is 5.56 Å². The smallest absolute Gasteiger partial charge is 0.160 e. The first-order valence-electron chi connectivity index (χ1n) is 3.92. The standard InChI is InChI=1S/C9H8BrF3S/c10-5-4-7-2-1-3-8(6-7)14-9(11,12)13/h1-3,6H,4-5H2. The molecule has 0 aliphatic carbocycles. The highest BCUT2D eigenvalue weighted by Crippen LogP contribution is 2.36. The van der Waals surface area contributed by atoms with Gasteiger partial charge in [0.05, 0.1) is 0 Å². The van der Waals surface area contributed by atoms with Crippen molar-refractivity contribution in [3.63, 3.8) is 0 Å². The lowest BCUT2D eigenvalue weighted by Gasteiger charge is -2.06. The number of rotatable bonds is 3. The van der Waals surface area contributed by atoms with Crippen LogP contribution in [0.3, 0.4) is 0 Å². The van der Waals surface area contributed by atoms with E-state index in [1.807, 2.05) is 6.07 Å². The second kappa shape index (κ2) is 5.07. The summed E-state index contributed by atoms with van der Waals surface area (Å²) in [6.07, 6.45) is 0.742. The average Bonchev–Trinajstić information content (AvgIpc) is 2.02. The zero-order valence-electron chi connectivity index (χ0n) is 7.14. The molecule has 1 aromatic rings. The summed E-state index contributed by atoms with van der Waals surface area (Å²) in [5.41, 5.74) is -3.29. The molecule has 14 heavy (non-hydrogen) atoms. The van der Waals surface area contributed by atoms with E-state index in [0.29, 0.717) is 0 Å². The fourth-order valence-electron chi connectivity index (χ4n) is 1.01. The van der Waals surface area contributed by atoms with Crippen LogP contribution < -0.4 is 0 Å². The molecule has 78 valence electrons. The highest BCUT2D eigenvalue weighted by atomic mass is 79.9. The molecule has 0 aliphatic rings. The van der Waals surface area contributed by atoms with Crippen molar-refractivity contribution in [3.8, 4) is 0 Å². The second-order valence-electron chi connectivity index (χ2n) is 2.63. The minimum atomic E-state index is -4.20. The van der Waals surface area contributed by atoms with Crippen LogP contribution in [-0.2, 0) is 6.42 Å². The third-order valence-electron chi connectivity index (χ3n) is 1.52. The van der Waals surface area contributed by atoms with E-state index in [2.05, 4.69) is 15.9 Å². The normalized spacial score (nSPS) is 11.7. The van der Waals surface area contributed by atoms with E-state index < -0.39 is 5.51 Å². The SMILES string of the molecule is FC(F)(F)Sc1cccc(CCBr)c1. The Labute approximate surface area is 93.0 Å². The summed E-state index contributed by atoms with van der Waals surface area (Å²) >= 11 is 3.17. The average molecular weight is 285 g/mol. The van der Waals surface area contributed by atoms with Gasteiger partial charge in [0.25, 0.3) is 0 Å². The van der Waals surface area contributed by atoms with E-state index in [4.69, 9.17) is 0 Å². The van der Waals surface area contributed by atoms with Gasteiger partial charge in [0, 0.05) is 10.2 Å². The lowest BCUT2D eigenvalue weighted by atomic mass is 10.2. The Morgan fingerprint density at radius 2 is 2.00 bits per heavy atom. The first kappa shape index (κ1) is 11.9. The Balaban J connectivity index is 2.73. The molecule has 0 spiro atoms. The van der Waals surface area contributed by atoms with Crippen LogP contribution in [-0.4, -0.2) is 10.8 Å². The molecule has 0 amide bonds. The van der Waals surface area contributed by atoms with E-state index in [1.54, 1.807) is 12.1 Å². The van der Waals surface area contributed by atoms with Gasteiger partial charge in [-0.3, -0.25) is 0 Å². The van der Waals surface area contributed by atoms with Crippen molar-refractivity contribution in [1.29, 1.82) is 0 Å². The van der Waals surface area contributed by atoms with E-state index in [1.165, 1.54) is 6.07 Å². The molecule has 0 nitrogen and oxygen atoms in total.